The number of rotatable bonds is 6. The molecule has 2 aromatic rings. The van der Waals surface area contributed by atoms with Crippen molar-refractivity contribution in [3.63, 3.8) is 0 Å². The van der Waals surface area contributed by atoms with E-state index in [1.165, 1.54) is 13.3 Å². The lowest BCUT2D eigenvalue weighted by molar-refractivity contribution is -0.383. The van der Waals surface area contributed by atoms with Crippen molar-refractivity contribution in [3.8, 4) is 0 Å². The fourth-order valence-electron chi connectivity index (χ4n) is 2.94. The summed E-state index contributed by atoms with van der Waals surface area (Å²) in [5.74, 6) is 0.313. The molecule has 1 aromatic heterocycles. The number of benzene rings is 1. The number of carbonyl (C=O) groups excluding carboxylic acids is 1. The summed E-state index contributed by atoms with van der Waals surface area (Å²) in [6.07, 6.45) is 5.50. The van der Waals surface area contributed by atoms with Gasteiger partial charge < -0.3 is 10.6 Å². The third-order valence-electron chi connectivity index (χ3n) is 4.26. The Bertz CT molecular complexity index is 785. The molecule has 0 aliphatic heterocycles. The molecule has 0 atom stereocenters. The minimum atomic E-state index is -0.483. The highest BCUT2D eigenvalue weighted by atomic mass is 16.6. The molecule has 2 N–H and O–H groups in total. The number of Topliss-reactive ketones (excluding diaryl/α,β-unsaturated/α-hetero) is 1. The van der Waals surface area contributed by atoms with Crippen LogP contribution in [0.2, 0.25) is 0 Å². The van der Waals surface area contributed by atoms with Crippen molar-refractivity contribution in [2.75, 3.05) is 10.6 Å². The topological polar surface area (TPSA) is 110 Å². The number of ketones is 1. The van der Waals surface area contributed by atoms with Crippen LogP contribution in [0.5, 0.6) is 0 Å². The van der Waals surface area contributed by atoms with Crippen LogP contribution in [0, 0.1) is 10.1 Å². The molecule has 1 saturated carbocycles. The van der Waals surface area contributed by atoms with E-state index in [1.54, 1.807) is 24.3 Å². The van der Waals surface area contributed by atoms with Gasteiger partial charge in [-0.05, 0) is 44.0 Å². The predicted molar refractivity (Wildman–Crippen MR) is 94.3 cm³/mol. The number of hydrogen-bond acceptors (Lipinski definition) is 7. The second kappa shape index (κ2) is 7.25. The van der Waals surface area contributed by atoms with Gasteiger partial charge in [0.15, 0.2) is 5.78 Å². The Kier molecular flexibility index (Phi) is 4.87. The first kappa shape index (κ1) is 16.8. The normalized spacial score (nSPS) is 14.3. The molecule has 1 aromatic carbocycles. The lowest BCUT2D eigenvalue weighted by Gasteiger charge is -2.14. The smallest absolute Gasteiger partial charge is 0.353 e. The fourth-order valence-corrected chi connectivity index (χ4v) is 2.94. The molecule has 8 nitrogen and oxygen atoms in total. The molecule has 1 aliphatic carbocycles. The Balaban J connectivity index is 1.87. The Hall–Kier alpha value is -3.03. The summed E-state index contributed by atoms with van der Waals surface area (Å²) in [7, 11) is 0. The molecule has 0 bridgehead atoms. The van der Waals surface area contributed by atoms with E-state index in [0.29, 0.717) is 11.3 Å². The second-order valence-corrected chi connectivity index (χ2v) is 6.06. The van der Waals surface area contributed by atoms with Gasteiger partial charge in [-0.15, -0.1) is 0 Å². The van der Waals surface area contributed by atoms with Crippen molar-refractivity contribution in [2.45, 2.75) is 38.6 Å². The van der Waals surface area contributed by atoms with E-state index in [1.807, 2.05) is 0 Å². The van der Waals surface area contributed by atoms with Crippen LogP contribution in [0.15, 0.2) is 30.6 Å². The predicted octanol–water partition coefficient (Wildman–Crippen LogP) is 3.69. The van der Waals surface area contributed by atoms with Crippen LogP contribution in [-0.4, -0.2) is 26.7 Å². The maximum atomic E-state index is 11.6. The van der Waals surface area contributed by atoms with Crippen LogP contribution in [0.3, 0.4) is 0 Å². The monoisotopic (exact) mass is 341 g/mol. The zero-order chi connectivity index (χ0) is 17.8. The zero-order valence-corrected chi connectivity index (χ0v) is 13.9. The van der Waals surface area contributed by atoms with E-state index in [2.05, 4.69) is 20.6 Å². The van der Waals surface area contributed by atoms with Crippen molar-refractivity contribution in [2.24, 2.45) is 0 Å². The summed E-state index contributed by atoms with van der Waals surface area (Å²) >= 11 is 0. The third-order valence-corrected chi connectivity index (χ3v) is 4.26. The van der Waals surface area contributed by atoms with Gasteiger partial charge in [-0.3, -0.25) is 14.9 Å². The summed E-state index contributed by atoms with van der Waals surface area (Å²) < 4.78 is 0. The molecule has 1 heterocycles. The Morgan fingerprint density at radius 3 is 2.40 bits per heavy atom. The maximum Gasteiger partial charge on any atom is 0.353 e. The standard InChI is InChI=1S/C17H19N5O3/c1-11(23)12-6-8-14(9-7-12)21-17-15(22(24)25)16(18-10-19-17)20-13-4-2-3-5-13/h6-10,13H,2-5H2,1H3,(H2,18,19,20,21). The third kappa shape index (κ3) is 3.90. The minimum absolute atomic E-state index is 0.0392. The summed E-state index contributed by atoms with van der Waals surface area (Å²) in [5.41, 5.74) is 1.01. The van der Waals surface area contributed by atoms with Gasteiger partial charge in [0.2, 0.25) is 11.6 Å². The molecule has 0 radical (unpaired) electrons. The fraction of sp³-hybridized carbons (Fsp3) is 0.353. The highest BCUT2D eigenvalue weighted by Gasteiger charge is 2.26. The van der Waals surface area contributed by atoms with E-state index >= 15 is 0 Å². The Morgan fingerprint density at radius 2 is 1.80 bits per heavy atom. The summed E-state index contributed by atoms with van der Waals surface area (Å²) in [5, 5.41) is 17.7. The largest absolute Gasteiger partial charge is 0.361 e. The van der Waals surface area contributed by atoms with Crippen molar-refractivity contribution in [3.05, 3.63) is 46.3 Å². The second-order valence-electron chi connectivity index (χ2n) is 6.06. The molecule has 8 heteroatoms. The molecular weight excluding hydrogens is 322 g/mol. The van der Waals surface area contributed by atoms with Gasteiger partial charge in [0, 0.05) is 17.3 Å². The molecule has 0 saturated heterocycles. The first-order valence-electron chi connectivity index (χ1n) is 8.18. The van der Waals surface area contributed by atoms with Crippen LogP contribution in [0.1, 0.15) is 43.0 Å². The number of anilines is 3. The maximum absolute atomic E-state index is 11.6. The van der Waals surface area contributed by atoms with Crippen LogP contribution < -0.4 is 10.6 Å². The van der Waals surface area contributed by atoms with E-state index in [9.17, 15) is 14.9 Å². The van der Waals surface area contributed by atoms with Crippen LogP contribution in [0.25, 0.3) is 0 Å². The summed E-state index contributed by atoms with van der Waals surface area (Å²) in [4.78, 5) is 30.5. The minimum Gasteiger partial charge on any atom is -0.361 e. The zero-order valence-electron chi connectivity index (χ0n) is 13.9. The molecule has 1 fully saturated rings. The van der Waals surface area contributed by atoms with Gasteiger partial charge in [0.1, 0.15) is 6.33 Å². The number of aromatic nitrogens is 2. The number of carbonyl (C=O) groups is 1. The van der Waals surface area contributed by atoms with E-state index in [0.717, 1.165) is 25.7 Å². The van der Waals surface area contributed by atoms with Crippen molar-refractivity contribution in [1.82, 2.24) is 9.97 Å². The van der Waals surface area contributed by atoms with Gasteiger partial charge in [-0.1, -0.05) is 12.8 Å². The number of nitro groups is 1. The quantitative estimate of drug-likeness (QED) is 0.468. The molecule has 3 rings (SSSR count). The molecule has 0 amide bonds. The highest BCUT2D eigenvalue weighted by Crippen LogP contribution is 2.33. The summed E-state index contributed by atoms with van der Waals surface area (Å²) in [6, 6.07) is 6.90. The van der Waals surface area contributed by atoms with Crippen molar-refractivity contribution >= 4 is 28.8 Å². The molecule has 0 unspecified atom stereocenters. The summed E-state index contributed by atoms with van der Waals surface area (Å²) in [6.45, 7) is 1.48. The van der Waals surface area contributed by atoms with Gasteiger partial charge in [0.25, 0.3) is 0 Å². The number of nitrogens with one attached hydrogen (secondary N) is 2. The van der Waals surface area contributed by atoms with Crippen LogP contribution in [0.4, 0.5) is 23.0 Å². The van der Waals surface area contributed by atoms with Crippen molar-refractivity contribution < 1.29 is 9.72 Å². The highest BCUT2D eigenvalue weighted by molar-refractivity contribution is 5.94. The first-order valence-corrected chi connectivity index (χ1v) is 8.18. The Labute approximate surface area is 144 Å². The molecule has 1 aliphatic rings. The van der Waals surface area contributed by atoms with Gasteiger partial charge >= 0.3 is 5.69 Å². The van der Waals surface area contributed by atoms with Crippen LogP contribution >= 0.6 is 0 Å². The molecule has 130 valence electrons. The Morgan fingerprint density at radius 1 is 1.16 bits per heavy atom. The number of hydrogen-bond donors (Lipinski definition) is 2. The van der Waals surface area contributed by atoms with Gasteiger partial charge in [-0.25, -0.2) is 9.97 Å². The average Bonchev–Trinajstić information content (AvgIpc) is 3.08. The number of nitrogens with zero attached hydrogens (tertiary/aromatic N) is 3. The molecule has 0 spiro atoms. The average molecular weight is 341 g/mol. The van der Waals surface area contributed by atoms with Crippen molar-refractivity contribution in [1.29, 1.82) is 0 Å². The van der Waals surface area contributed by atoms with Crippen LogP contribution in [-0.2, 0) is 0 Å². The first-order chi connectivity index (χ1) is 12.0. The van der Waals surface area contributed by atoms with E-state index in [4.69, 9.17) is 0 Å². The molecule has 25 heavy (non-hydrogen) atoms. The van der Waals surface area contributed by atoms with E-state index < -0.39 is 4.92 Å². The SMILES string of the molecule is CC(=O)c1ccc(Nc2ncnc(NC3CCCC3)c2[N+](=O)[O-])cc1. The van der Waals surface area contributed by atoms with Gasteiger partial charge in [-0.2, -0.15) is 0 Å². The lowest BCUT2D eigenvalue weighted by Crippen LogP contribution is -2.17. The lowest BCUT2D eigenvalue weighted by atomic mass is 10.1. The molecular formula is C17H19N5O3. The van der Waals surface area contributed by atoms with Gasteiger partial charge in [0.05, 0.1) is 4.92 Å². The van der Waals surface area contributed by atoms with E-state index in [-0.39, 0.29) is 29.1 Å².